The number of nitrogens with one attached hydrogen (secondary N) is 1. The monoisotopic (exact) mass is 272 g/mol. The van der Waals surface area contributed by atoms with Gasteiger partial charge in [-0.1, -0.05) is 6.07 Å². The number of aromatic amines is 1. The molecule has 0 spiro atoms. The number of rotatable bonds is 2. The first-order chi connectivity index (χ1) is 9.75. The van der Waals surface area contributed by atoms with Gasteiger partial charge < -0.3 is 9.80 Å². The molecule has 20 heavy (non-hydrogen) atoms. The van der Waals surface area contributed by atoms with Crippen LogP contribution in [-0.2, 0) is 0 Å². The van der Waals surface area contributed by atoms with E-state index in [4.69, 9.17) is 0 Å². The van der Waals surface area contributed by atoms with E-state index >= 15 is 0 Å². The summed E-state index contributed by atoms with van der Waals surface area (Å²) in [5, 5.41) is 10.3. The molecule has 0 aromatic carbocycles. The van der Waals surface area contributed by atoms with Gasteiger partial charge in [-0.25, -0.2) is 4.98 Å². The Morgan fingerprint density at radius 2 is 2.00 bits per heavy atom. The molecule has 0 atom stereocenters. The number of hydrogen-bond donors (Lipinski definition) is 1. The lowest BCUT2D eigenvalue weighted by Crippen LogP contribution is -2.49. The number of aryl methyl sites for hydroxylation is 1. The van der Waals surface area contributed by atoms with Crippen LogP contribution in [0.15, 0.2) is 24.4 Å². The van der Waals surface area contributed by atoms with Crippen molar-refractivity contribution in [2.24, 2.45) is 0 Å². The molecule has 0 saturated carbocycles. The van der Waals surface area contributed by atoms with Gasteiger partial charge in [0.05, 0.1) is 5.69 Å². The zero-order valence-corrected chi connectivity index (χ0v) is 11.3. The number of amides is 1. The summed E-state index contributed by atoms with van der Waals surface area (Å²) in [5.74, 6) is 0.897. The standard InChI is InChI=1S/C13H16N6O/c1-10-12(16-17-15-10)13(20)19-8-6-18(7-9-19)11-4-2-3-5-14-11/h2-5H,6-9H2,1H3,(H,15,16,17). The lowest BCUT2D eigenvalue weighted by Gasteiger charge is -2.35. The molecule has 7 heteroatoms. The van der Waals surface area contributed by atoms with E-state index in [1.54, 1.807) is 13.1 Å². The van der Waals surface area contributed by atoms with Crippen LogP contribution in [0.2, 0.25) is 0 Å². The predicted molar refractivity (Wildman–Crippen MR) is 73.5 cm³/mol. The Balaban J connectivity index is 1.64. The molecule has 3 heterocycles. The number of aromatic nitrogens is 4. The summed E-state index contributed by atoms with van der Waals surface area (Å²) in [4.78, 5) is 20.6. The van der Waals surface area contributed by atoms with Gasteiger partial charge in [0.2, 0.25) is 0 Å². The van der Waals surface area contributed by atoms with Crippen LogP contribution in [0.25, 0.3) is 0 Å². The average molecular weight is 272 g/mol. The van der Waals surface area contributed by atoms with Crippen molar-refractivity contribution in [2.75, 3.05) is 31.1 Å². The Hall–Kier alpha value is -2.44. The molecule has 1 aliphatic rings. The molecule has 2 aromatic heterocycles. The fourth-order valence-corrected chi connectivity index (χ4v) is 2.32. The van der Waals surface area contributed by atoms with Crippen LogP contribution < -0.4 is 4.90 Å². The molecule has 3 rings (SSSR count). The van der Waals surface area contributed by atoms with Crippen LogP contribution in [0.5, 0.6) is 0 Å². The smallest absolute Gasteiger partial charge is 0.276 e. The molecule has 0 unspecified atom stereocenters. The molecular formula is C13H16N6O. The van der Waals surface area contributed by atoms with Crippen molar-refractivity contribution >= 4 is 11.7 Å². The van der Waals surface area contributed by atoms with Gasteiger partial charge in [0, 0.05) is 32.4 Å². The molecule has 1 saturated heterocycles. The van der Waals surface area contributed by atoms with Gasteiger partial charge in [-0.2, -0.15) is 15.4 Å². The minimum Gasteiger partial charge on any atom is -0.353 e. The third kappa shape index (κ3) is 2.34. The number of pyridine rings is 1. The molecule has 7 nitrogen and oxygen atoms in total. The first kappa shape index (κ1) is 12.6. The van der Waals surface area contributed by atoms with E-state index in [0.29, 0.717) is 24.5 Å². The highest BCUT2D eigenvalue weighted by atomic mass is 16.2. The van der Waals surface area contributed by atoms with Gasteiger partial charge in [-0.3, -0.25) is 4.79 Å². The molecule has 1 amide bonds. The van der Waals surface area contributed by atoms with E-state index in [-0.39, 0.29) is 5.91 Å². The average Bonchev–Trinajstić information content (AvgIpc) is 2.94. The van der Waals surface area contributed by atoms with Crippen LogP contribution in [0.3, 0.4) is 0 Å². The second kappa shape index (κ2) is 5.28. The highest BCUT2D eigenvalue weighted by Gasteiger charge is 2.25. The summed E-state index contributed by atoms with van der Waals surface area (Å²) >= 11 is 0. The second-order valence-corrected chi connectivity index (χ2v) is 4.72. The van der Waals surface area contributed by atoms with Crippen molar-refractivity contribution in [1.82, 2.24) is 25.3 Å². The van der Waals surface area contributed by atoms with Gasteiger partial charge in [-0.05, 0) is 19.1 Å². The number of anilines is 1. The van der Waals surface area contributed by atoms with Gasteiger partial charge >= 0.3 is 0 Å². The van der Waals surface area contributed by atoms with E-state index in [9.17, 15) is 4.79 Å². The number of piperazine rings is 1. The Kier molecular flexibility index (Phi) is 3.32. The fourth-order valence-electron chi connectivity index (χ4n) is 2.32. The molecule has 1 aliphatic heterocycles. The zero-order chi connectivity index (χ0) is 13.9. The quantitative estimate of drug-likeness (QED) is 0.860. The number of carbonyl (C=O) groups excluding carboxylic acids is 1. The SMILES string of the molecule is Cc1n[nH]nc1C(=O)N1CCN(c2ccccn2)CC1. The van der Waals surface area contributed by atoms with Crippen molar-refractivity contribution in [1.29, 1.82) is 0 Å². The van der Waals surface area contributed by atoms with Gasteiger partial charge in [0.1, 0.15) is 5.82 Å². The highest BCUT2D eigenvalue weighted by Crippen LogP contribution is 2.14. The lowest BCUT2D eigenvalue weighted by molar-refractivity contribution is 0.0740. The largest absolute Gasteiger partial charge is 0.353 e. The van der Waals surface area contributed by atoms with Crippen molar-refractivity contribution in [3.05, 3.63) is 35.8 Å². The first-order valence-electron chi connectivity index (χ1n) is 6.58. The van der Waals surface area contributed by atoms with Gasteiger partial charge in [0.15, 0.2) is 5.69 Å². The summed E-state index contributed by atoms with van der Waals surface area (Å²) in [6, 6.07) is 5.86. The highest BCUT2D eigenvalue weighted by molar-refractivity contribution is 5.93. The van der Waals surface area contributed by atoms with E-state index in [0.717, 1.165) is 18.9 Å². The Morgan fingerprint density at radius 1 is 1.20 bits per heavy atom. The molecule has 0 radical (unpaired) electrons. The molecule has 0 bridgehead atoms. The van der Waals surface area contributed by atoms with Crippen LogP contribution in [0, 0.1) is 6.92 Å². The maximum Gasteiger partial charge on any atom is 0.276 e. The van der Waals surface area contributed by atoms with Crippen LogP contribution >= 0.6 is 0 Å². The normalized spacial score (nSPS) is 15.4. The maximum absolute atomic E-state index is 12.3. The van der Waals surface area contributed by atoms with Crippen molar-refractivity contribution < 1.29 is 4.79 Å². The molecule has 0 aliphatic carbocycles. The molecule has 1 N–H and O–H groups in total. The number of nitrogens with zero attached hydrogens (tertiary/aromatic N) is 5. The molecular weight excluding hydrogens is 256 g/mol. The Morgan fingerprint density at radius 3 is 2.60 bits per heavy atom. The molecule has 2 aromatic rings. The predicted octanol–water partition coefficient (Wildman–Crippen LogP) is 0.471. The summed E-state index contributed by atoms with van der Waals surface area (Å²) < 4.78 is 0. The minimum absolute atomic E-state index is 0.0584. The third-order valence-electron chi connectivity index (χ3n) is 3.46. The number of H-pyrrole nitrogens is 1. The van der Waals surface area contributed by atoms with Gasteiger partial charge in [0.25, 0.3) is 5.91 Å². The fraction of sp³-hybridized carbons (Fsp3) is 0.385. The van der Waals surface area contributed by atoms with E-state index in [1.807, 2.05) is 23.1 Å². The lowest BCUT2D eigenvalue weighted by atomic mass is 10.2. The van der Waals surface area contributed by atoms with Crippen LogP contribution in [-0.4, -0.2) is 57.4 Å². The minimum atomic E-state index is -0.0584. The summed E-state index contributed by atoms with van der Waals surface area (Å²) in [5.41, 5.74) is 1.05. The summed E-state index contributed by atoms with van der Waals surface area (Å²) in [6.45, 7) is 4.67. The van der Waals surface area contributed by atoms with Crippen LogP contribution in [0.4, 0.5) is 5.82 Å². The Labute approximate surface area is 116 Å². The summed E-state index contributed by atoms with van der Waals surface area (Å²) in [7, 11) is 0. The van der Waals surface area contributed by atoms with Crippen LogP contribution in [0.1, 0.15) is 16.2 Å². The van der Waals surface area contributed by atoms with E-state index in [1.165, 1.54) is 0 Å². The van der Waals surface area contributed by atoms with Crippen molar-refractivity contribution in [3.8, 4) is 0 Å². The van der Waals surface area contributed by atoms with E-state index in [2.05, 4.69) is 25.3 Å². The van der Waals surface area contributed by atoms with Gasteiger partial charge in [-0.15, -0.1) is 0 Å². The number of hydrogen-bond acceptors (Lipinski definition) is 5. The van der Waals surface area contributed by atoms with Crippen molar-refractivity contribution in [3.63, 3.8) is 0 Å². The first-order valence-corrected chi connectivity index (χ1v) is 6.58. The zero-order valence-electron chi connectivity index (χ0n) is 11.3. The maximum atomic E-state index is 12.3. The van der Waals surface area contributed by atoms with Crippen molar-refractivity contribution in [2.45, 2.75) is 6.92 Å². The molecule has 104 valence electrons. The Bertz CT molecular complexity index is 588. The number of carbonyl (C=O) groups is 1. The summed E-state index contributed by atoms with van der Waals surface area (Å²) in [6.07, 6.45) is 1.78. The molecule has 1 fully saturated rings. The second-order valence-electron chi connectivity index (χ2n) is 4.72. The van der Waals surface area contributed by atoms with E-state index < -0.39 is 0 Å². The third-order valence-corrected chi connectivity index (χ3v) is 3.46. The topological polar surface area (TPSA) is 78.0 Å².